The molecule has 2 N–H and O–H groups in total. The van der Waals surface area contributed by atoms with Gasteiger partial charge in [-0.05, 0) is 30.5 Å². The first-order chi connectivity index (χ1) is 7.12. The van der Waals surface area contributed by atoms with Crippen LogP contribution < -0.4 is 5.32 Å². The molecule has 78 valence electrons. The highest BCUT2D eigenvalue weighted by Crippen LogP contribution is 2.25. The highest BCUT2D eigenvalue weighted by atomic mass is 19.1. The van der Waals surface area contributed by atoms with Crippen molar-refractivity contribution in [2.24, 2.45) is 0 Å². The minimum Gasteiger partial charge on any atom is -0.364 e. The molecule has 1 unspecified atom stereocenters. The topological polar surface area (TPSA) is 32.3 Å². The zero-order valence-electron chi connectivity index (χ0n) is 7.74. The lowest BCUT2D eigenvalue weighted by Crippen LogP contribution is -2.39. The van der Waals surface area contributed by atoms with E-state index >= 15 is 0 Å². The number of hydrogen-bond acceptors (Lipinski definition) is 2. The van der Waals surface area contributed by atoms with Gasteiger partial charge in [0.1, 0.15) is 11.6 Å². The van der Waals surface area contributed by atoms with Crippen molar-refractivity contribution in [3.05, 3.63) is 59.8 Å². The monoisotopic (exact) mass is 209 g/mol. The van der Waals surface area contributed by atoms with E-state index in [0.717, 1.165) is 12.1 Å². The molecule has 2 nitrogen and oxygen atoms in total. The number of rotatable bonds is 1. The highest BCUT2D eigenvalue weighted by molar-refractivity contribution is 5.32. The summed E-state index contributed by atoms with van der Waals surface area (Å²) < 4.78 is 26.0. The maximum atomic E-state index is 13.4. The van der Waals surface area contributed by atoms with Crippen molar-refractivity contribution >= 4 is 0 Å². The van der Waals surface area contributed by atoms with Gasteiger partial charge in [0.15, 0.2) is 5.72 Å². The average molecular weight is 209 g/mol. The van der Waals surface area contributed by atoms with Gasteiger partial charge in [0.05, 0.1) is 0 Å². The second-order valence-corrected chi connectivity index (χ2v) is 3.25. The molecule has 1 aliphatic rings. The summed E-state index contributed by atoms with van der Waals surface area (Å²) in [5.74, 6) is -1.46. The first-order valence-corrected chi connectivity index (χ1v) is 4.42. The van der Waals surface area contributed by atoms with Gasteiger partial charge in [0.2, 0.25) is 0 Å². The molecule has 0 aromatic heterocycles. The molecule has 1 aliphatic heterocycles. The van der Waals surface area contributed by atoms with Crippen LogP contribution in [0.3, 0.4) is 0 Å². The zero-order valence-corrected chi connectivity index (χ0v) is 7.74. The second-order valence-electron chi connectivity index (χ2n) is 3.25. The molecule has 1 atom stereocenters. The lowest BCUT2D eigenvalue weighted by atomic mass is 10.00. The van der Waals surface area contributed by atoms with Crippen LogP contribution in [0.4, 0.5) is 8.78 Å². The Kier molecular flexibility index (Phi) is 2.28. The maximum absolute atomic E-state index is 13.4. The molecular weight excluding hydrogens is 200 g/mol. The summed E-state index contributed by atoms with van der Waals surface area (Å²) in [6.07, 6.45) is 6.13. The van der Waals surface area contributed by atoms with Crippen molar-refractivity contribution in [3.8, 4) is 0 Å². The Morgan fingerprint density at radius 3 is 2.60 bits per heavy atom. The minimum absolute atomic E-state index is 0.00972. The fourth-order valence-corrected chi connectivity index (χ4v) is 1.44. The largest absolute Gasteiger partial charge is 0.364 e. The van der Waals surface area contributed by atoms with E-state index in [2.05, 4.69) is 5.32 Å². The van der Waals surface area contributed by atoms with E-state index in [4.69, 9.17) is 0 Å². The van der Waals surface area contributed by atoms with Crippen LogP contribution >= 0.6 is 0 Å². The number of aliphatic hydroxyl groups is 1. The summed E-state index contributed by atoms with van der Waals surface area (Å²) in [6, 6.07) is 3.05. The Labute approximate surface area is 85.5 Å². The van der Waals surface area contributed by atoms with E-state index in [9.17, 15) is 13.9 Å². The number of halogens is 2. The Morgan fingerprint density at radius 2 is 2.00 bits per heavy atom. The normalized spacial score (nSPS) is 23.9. The van der Waals surface area contributed by atoms with Gasteiger partial charge in [0, 0.05) is 11.6 Å². The Hall–Kier alpha value is -1.68. The SMILES string of the molecule is OC1(c2ccc(F)cc2F)C=CC=CN1. The van der Waals surface area contributed by atoms with Gasteiger partial charge < -0.3 is 10.4 Å². The summed E-state index contributed by atoms with van der Waals surface area (Å²) >= 11 is 0. The molecule has 1 aromatic carbocycles. The second kappa shape index (κ2) is 3.47. The molecule has 0 saturated heterocycles. The van der Waals surface area contributed by atoms with Crippen molar-refractivity contribution in [2.75, 3.05) is 0 Å². The van der Waals surface area contributed by atoms with Gasteiger partial charge in [-0.2, -0.15) is 0 Å². The van der Waals surface area contributed by atoms with Crippen LogP contribution in [0.5, 0.6) is 0 Å². The van der Waals surface area contributed by atoms with E-state index < -0.39 is 17.4 Å². The predicted molar refractivity (Wildman–Crippen MR) is 51.7 cm³/mol. The third kappa shape index (κ3) is 1.76. The van der Waals surface area contributed by atoms with Crippen LogP contribution in [0.25, 0.3) is 0 Å². The molecule has 0 amide bonds. The number of hydrogen-bond donors (Lipinski definition) is 2. The maximum Gasteiger partial charge on any atom is 0.184 e. The van der Waals surface area contributed by atoms with Gasteiger partial charge in [-0.25, -0.2) is 8.78 Å². The molecule has 0 fully saturated rings. The summed E-state index contributed by atoms with van der Waals surface area (Å²) in [5.41, 5.74) is -1.61. The molecule has 0 aliphatic carbocycles. The fraction of sp³-hybridized carbons (Fsp3) is 0.0909. The van der Waals surface area contributed by atoms with Gasteiger partial charge in [-0.1, -0.05) is 6.08 Å². The van der Waals surface area contributed by atoms with E-state index in [0.29, 0.717) is 0 Å². The molecule has 2 rings (SSSR count). The van der Waals surface area contributed by atoms with E-state index in [1.807, 2.05) is 0 Å². The smallest absolute Gasteiger partial charge is 0.184 e. The van der Waals surface area contributed by atoms with Crippen LogP contribution in [-0.4, -0.2) is 5.11 Å². The lowest BCUT2D eigenvalue weighted by Gasteiger charge is -2.27. The minimum atomic E-state index is -1.60. The first-order valence-electron chi connectivity index (χ1n) is 4.42. The number of allylic oxidation sites excluding steroid dienone is 2. The van der Waals surface area contributed by atoms with Crippen LogP contribution in [0.15, 0.2) is 42.6 Å². The number of benzene rings is 1. The van der Waals surface area contributed by atoms with Crippen LogP contribution in [0, 0.1) is 11.6 Å². The van der Waals surface area contributed by atoms with Crippen molar-refractivity contribution in [2.45, 2.75) is 5.72 Å². The van der Waals surface area contributed by atoms with Crippen molar-refractivity contribution in [1.29, 1.82) is 0 Å². The molecule has 0 bridgehead atoms. The number of nitrogens with one attached hydrogen (secondary N) is 1. The van der Waals surface area contributed by atoms with Crippen molar-refractivity contribution in [1.82, 2.24) is 5.32 Å². The van der Waals surface area contributed by atoms with E-state index in [1.54, 1.807) is 12.2 Å². The third-order valence-electron chi connectivity index (χ3n) is 2.19. The average Bonchev–Trinajstić information content (AvgIpc) is 2.18. The molecular formula is C11H9F2NO. The van der Waals surface area contributed by atoms with Crippen LogP contribution in [0.2, 0.25) is 0 Å². The molecule has 1 heterocycles. The van der Waals surface area contributed by atoms with Crippen LogP contribution in [0.1, 0.15) is 5.56 Å². The standard InChI is InChI=1S/C11H9F2NO/c12-8-3-4-9(10(13)7-8)11(15)5-1-2-6-14-11/h1-7,14-15H. The van der Waals surface area contributed by atoms with Gasteiger partial charge >= 0.3 is 0 Å². The van der Waals surface area contributed by atoms with Crippen molar-refractivity contribution in [3.63, 3.8) is 0 Å². The summed E-state index contributed by atoms with van der Waals surface area (Å²) in [7, 11) is 0. The van der Waals surface area contributed by atoms with E-state index in [1.165, 1.54) is 18.3 Å². The number of dihydropyridines is 1. The quantitative estimate of drug-likeness (QED) is 0.739. The fourth-order valence-electron chi connectivity index (χ4n) is 1.44. The molecule has 15 heavy (non-hydrogen) atoms. The van der Waals surface area contributed by atoms with Crippen molar-refractivity contribution < 1.29 is 13.9 Å². The Balaban J connectivity index is 2.45. The Bertz CT molecular complexity index is 442. The zero-order chi connectivity index (χ0) is 10.9. The summed E-state index contributed by atoms with van der Waals surface area (Å²) in [4.78, 5) is 0. The van der Waals surface area contributed by atoms with E-state index in [-0.39, 0.29) is 5.56 Å². The third-order valence-corrected chi connectivity index (χ3v) is 2.19. The first kappa shape index (κ1) is 9.86. The van der Waals surface area contributed by atoms with Gasteiger partial charge in [0.25, 0.3) is 0 Å². The highest BCUT2D eigenvalue weighted by Gasteiger charge is 2.28. The van der Waals surface area contributed by atoms with Gasteiger partial charge in [-0.3, -0.25) is 0 Å². The Morgan fingerprint density at radius 1 is 1.20 bits per heavy atom. The summed E-state index contributed by atoms with van der Waals surface area (Å²) in [5, 5.41) is 12.6. The molecule has 1 aromatic rings. The molecule has 0 spiro atoms. The molecule has 0 radical (unpaired) electrons. The summed E-state index contributed by atoms with van der Waals surface area (Å²) in [6.45, 7) is 0. The lowest BCUT2D eigenvalue weighted by molar-refractivity contribution is 0.0613. The predicted octanol–water partition coefficient (Wildman–Crippen LogP) is 1.78. The molecule has 0 saturated carbocycles. The molecule has 4 heteroatoms. The van der Waals surface area contributed by atoms with Gasteiger partial charge in [-0.15, -0.1) is 0 Å². The van der Waals surface area contributed by atoms with Crippen LogP contribution in [-0.2, 0) is 5.72 Å².